The van der Waals surface area contributed by atoms with E-state index in [2.05, 4.69) is 0 Å². The smallest absolute Gasteiger partial charge is 0.339 e. The average Bonchev–Trinajstić information content (AvgIpc) is 2.46. The fourth-order valence-electron chi connectivity index (χ4n) is 1.75. The summed E-state index contributed by atoms with van der Waals surface area (Å²) in [6.07, 6.45) is 0. The number of carboxylic acid groups (broad SMARTS) is 1. The average molecular weight is 327 g/mol. The Hall–Kier alpha value is -1.91. The van der Waals surface area contributed by atoms with Crippen molar-refractivity contribution < 1.29 is 19.4 Å². The Kier molecular flexibility index (Phi) is 4.94. The fraction of sp³-hybridized carbons (Fsp3) is 0.133. The highest BCUT2D eigenvalue weighted by Crippen LogP contribution is 2.29. The summed E-state index contributed by atoms with van der Waals surface area (Å²) in [5.74, 6) is -0.393. The van der Waals surface area contributed by atoms with Crippen LogP contribution in [0.25, 0.3) is 0 Å². The second kappa shape index (κ2) is 6.70. The maximum atomic E-state index is 11.2. The van der Waals surface area contributed by atoms with Crippen LogP contribution in [-0.4, -0.2) is 18.2 Å². The van der Waals surface area contributed by atoms with Crippen molar-refractivity contribution >= 4 is 29.2 Å². The molecular formula is C15H12Cl2O4. The number of hydrogen-bond donors (Lipinski definition) is 1. The molecule has 21 heavy (non-hydrogen) atoms. The van der Waals surface area contributed by atoms with E-state index >= 15 is 0 Å². The van der Waals surface area contributed by atoms with Crippen molar-refractivity contribution in [2.24, 2.45) is 0 Å². The van der Waals surface area contributed by atoms with Crippen molar-refractivity contribution in [3.63, 3.8) is 0 Å². The number of methoxy groups -OCH3 is 1. The molecule has 6 heteroatoms. The quantitative estimate of drug-likeness (QED) is 0.890. The molecule has 0 aliphatic rings. The second-order valence-corrected chi connectivity index (χ2v) is 4.97. The predicted octanol–water partition coefficient (Wildman–Crippen LogP) is 4.28. The maximum absolute atomic E-state index is 11.2. The third kappa shape index (κ3) is 3.60. The Morgan fingerprint density at radius 2 is 1.86 bits per heavy atom. The second-order valence-electron chi connectivity index (χ2n) is 4.16. The summed E-state index contributed by atoms with van der Waals surface area (Å²) in [6, 6.07) is 9.59. The number of carbonyl (C=O) groups is 1. The molecule has 0 spiro atoms. The Morgan fingerprint density at radius 3 is 2.43 bits per heavy atom. The minimum Gasteiger partial charge on any atom is -0.497 e. The van der Waals surface area contributed by atoms with Crippen LogP contribution < -0.4 is 9.47 Å². The molecular weight excluding hydrogens is 315 g/mol. The number of halogens is 2. The maximum Gasteiger partial charge on any atom is 0.339 e. The van der Waals surface area contributed by atoms with Crippen molar-refractivity contribution in [2.75, 3.05) is 7.11 Å². The van der Waals surface area contributed by atoms with Crippen LogP contribution >= 0.6 is 23.2 Å². The van der Waals surface area contributed by atoms with Gasteiger partial charge in [0, 0.05) is 21.7 Å². The third-order valence-electron chi connectivity index (χ3n) is 2.85. The highest BCUT2D eigenvalue weighted by molar-refractivity contribution is 6.35. The zero-order valence-electron chi connectivity index (χ0n) is 11.1. The molecule has 2 aromatic carbocycles. The van der Waals surface area contributed by atoms with Crippen LogP contribution in [0.3, 0.4) is 0 Å². The number of rotatable bonds is 5. The summed E-state index contributed by atoms with van der Waals surface area (Å²) in [5.41, 5.74) is 0.638. The molecule has 0 aliphatic carbocycles. The number of aromatic carboxylic acids is 1. The largest absolute Gasteiger partial charge is 0.497 e. The molecule has 0 bridgehead atoms. The molecule has 0 radical (unpaired) electrons. The first-order valence-electron chi connectivity index (χ1n) is 6.00. The number of carboxylic acids is 1. The summed E-state index contributed by atoms with van der Waals surface area (Å²) in [4.78, 5) is 11.2. The van der Waals surface area contributed by atoms with Crippen molar-refractivity contribution in [3.05, 3.63) is 57.6 Å². The molecule has 0 aromatic heterocycles. The summed E-state index contributed by atoms with van der Waals surface area (Å²) in [7, 11) is 1.49. The van der Waals surface area contributed by atoms with E-state index in [9.17, 15) is 4.79 Å². The van der Waals surface area contributed by atoms with Gasteiger partial charge in [-0.2, -0.15) is 0 Å². The molecule has 0 fully saturated rings. The number of ether oxygens (including phenoxy) is 2. The van der Waals surface area contributed by atoms with Gasteiger partial charge in [-0.15, -0.1) is 0 Å². The van der Waals surface area contributed by atoms with E-state index in [0.29, 0.717) is 21.4 Å². The number of benzene rings is 2. The zero-order valence-corrected chi connectivity index (χ0v) is 12.6. The van der Waals surface area contributed by atoms with Gasteiger partial charge in [0.25, 0.3) is 0 Å². The minimum atomic E-state index is -1.09. The highest BCUT2D eigenvalue weighted by Gasteiger charge is 2.14. The topological polar surface area (TPSA) is 55.8 Å². The van der Waals surface area contributed by atoms with Crippen LogP contribution in [-0.2, 0) is 6.61 Å². The molecule has 1 N–H and O–H groups in total. The lowest BCUT2D eigenvalue weighted by Crippen LogP contribution is -2.04. The Balaban J connectivity index is 2.28. The first-order chi connectivity index (χ1) is 10.0. The molecule has 2 rings (SSSR count). The summed E-state index contributed by atoms with van der Waals surface area (Å²) in [6.45, 7) is 0.0615. The molecule has 0 heterocycles. The Labute approximate surface area is 131 Å². The van der Waals surface area contributed by atoms with Crippen LogP contribution in [0.5, 0.6) is 11.5 Å². The van der Waals surface area contributed by atoms with Gasteiger partial charge in [0.2, 0.25) is 0 Å². The van der Waals surface area contributed by atoms with Crippen LogP contribution in [0.15, 0.2) is 36.4 Å². The predicted molar refractivity (Wildman–Crippen MR) is 80.7 cm³/mol. The van der Waals surface area contributed by atoms with Gasteiger partial charge in [-0.05, 0) is 24.3 Å². The van der Waals surface area contributed by atoms with Gasteiger partial charge in [0.1, 0.15) is 23.7 Å². The van der Waals surface area contributed by atoms with Gasteiger partial charge < -0.3 is 14.6 Å². The normalized spacial score (nSPS) is 10.2. The lowest BCUT2D eigenvalue weighted by Gasteiger charge is -2.12. The van der Waals surface area contributed by atoms with E-state index in [0.717, 1.165) is 0 Å². The SMILES string of the molecule is COc1ccc(C(=O)O)c(OCc2c(Cl)cccc2Cl)c1. The van der Waals surface area contributed by atoms with Crippen LogP contribution in [0.2, 0.25) is 10.0 Å². The molecule has 0 aliphatic heterocycles. The van der Waals surface area contributed by atoms with Gasteiger partial charge in [-0.25, -0.2) is 4.79 Å². The van der Waals surface area contributed by atoms with Crippen LogP contribution in [0, 0.1) is 0 Å². The van der Waals surface area contributed by atoms with Gasteiger partial charge in [0.15, 0.2) is 0 Å². The summed E-state index contributed by atoms with van der Waals surface area (Å²) >= 11 is 12.1. The Bertz CT molecular complexity index is 650. The van der Waals surface area contributed by atoms with E-state index in [1.807, 2.05) is 0 Å². The van der Waals surface area contributed by atoms with Crippen molar-refractivity contribution in [3.8, 4) is 11.5 Å². The molecule has 110 valence electrons. The first kappa shape index (κ1) is 15.5. The van der Waals surface area contributed by atoms with Gasteiger partial charge in [-0.1, -0.05) is 29.3 Å². The van der Waals surface area contributed by atoms with E-state index in [1.54, 1.807) is 24.3 Å². The lowest BCUT2D eigenvalue weighted by atomic mass is 10.2. The third-order valence-corrected chi connectivity index (χ3v) is 3.56. The zero-order chi connectivity index (χ0) is 15.4. The van der Waals surface area contributed by atoms with Gasteiger partial charge in [-0.3, -0.25) is 0 Å². The van der Waals surface area contributed by atoms with Gasteiger partial charge in [0.05, 0.1) is 7.11 Å². The van der Waals surface area contributed by atoms with E-state index in [1.165, 1.54) is 19.2 Å². The van der Waals surface area contributed by atoms with Crippen LogP contribution in [0.1, 0.15) is 15.9 Å². The Morgan fingerprint density at radius 1 is 1.19 bits per heavy atom. The lowest BCUT2D eigenvalue weighted by molar-refractivity contribution is 0.0691. The monoisotopic (exact) mass is 326 g/mol. The minimum absolute atomic E-state index is 0.0407. The van der Waals surface area contributed by atoms with Crippen molar-refractivity contribution in [1.29, 1.82) is 0 Å². The molecule has 0 saturated carbocycles. The van der Waals surface area contributed by atoms with E-state index in [-0.39, 0.29) is 17.9 Å². The molecule has 4 nitrogen and oxygen atoms in total. The standard InChI is InChI=1S/C15H12Cl2O4/c1-20-9-5-6-10(15(18)19)14(7-9)21-8-11-12(16)3-2-4-13(11)17/h2-7H,8H2,1H3,(H,18,19). The van der Waals surface area contributed by atoms with Gasteiger partial charge >= 0.3 is 5.97 Å². The number of hydrogen-bond acceptors (Lipinski definition) is 3. The first-order valence-corrected chi connectivity index (χ1v) is 6.75. The highest BCUT2D eigenvalue weighted by atomic mass is 35.5. The summed E-state index contributed by atoms with van der Waals surface area (Å²) < 4.78 is 10.6. The molecule has 0 amide bonds. The van der Waals surface area contributed by atoms with Crippen molar-refractivity contribution in [1.82, 2.24) is 0 Å². The van der Waals surface area contributed by atoms with Crippen LogP contribution in [0.4, 0.5) is 0 Å². The fourth-order valence-corrected chi connectivity index (χ4v) is 2.25. The van der Waals surface area contributed by atoms with Crippen molar-refractivity contribution in [2.45, 2.75) is 6.61 Å². The molecule has 0 atom stereocenters. The van der Waals surface area contributed by atoms with E-state index in [4.69, 9.17) is 37.8 Å². The summed E-state index contributed by atoms with van der Waals surface area (Å²) in [5, 5.41) is 10.1. The van der Waals surface area contributed by atoms with E-state index < -0.39 is 5.97 Å². The molecule has 0 unspecified atom stereocenters. The molecule has 0 saturated heterocycles. The molecule has 2 aromatic rings.